The Kier molecular flexibility index (Phi) is 4.92. The molecule has 4 heteroatoms. The van der Waals surface area contributed by atoms with Crippen LogP contribution >= 0.6 is 12.2 Å². The fraction of sp³-hybridized carbons (Fsp3) is 0.333. The van der Waals surface area contributed by atoms with Crippen molar-refractivity contribution in [3.8, 4) is 0 Å². The van der Waals surface area contributed by atoms with E-state index in [0.717, 1.165) is 5.56 Å². The minimum atomic E-state index is -0.0239. The molecular formula is C12H16N2OS. The monoisotopic (exact) mass is 236 g/mol. The van der Waals surface area contributed by atoms with Gasteiger partial charge in [-0.15, -0.1) is 0 Å². The average molecular weight is 236 g/mol. The van der Waals surface area contributed by atoms with Crippen molar-refractivity contribution in [2.75, 3.05) is 0 Å². The van der Waals surface area contributed by atoms with E-state index in [1.807, 2.05) is 37.3 Å². The summed E-state index contributed by atoms with van der Waals surface area (Å²) in [5, 5.41) is 2.90. The molecule has 0 aliphatic carbocycles. The molecule has 0 radical (unpaired) electrons. The number of nitrogens with two attached hydrogens (primary N) is 1. The number of amides is 1. The summed E-state index contributed by atoms with van der Waals surface area (Å²) in [6, 6.07) is 9.84. The predicted molar refractivity (Wildman–Crippen MR) is 69.0 cm³/mol. The maximum Gasteiger partial charge on any atom is 0.220 e. The van der Waals surface area contributed by atoms with Crippen LogP contribution in [0.15, 0.2) is 30.3 Å². The van der Waals surface area contributed by atoms with E-state index >= 15 is 0 Å². The third-order valence-electron chi connectivity index (χ3n) is 2.28. The van der Waals surface area contributed by atoms with E-state index in [2.05, 4.69) is 5.32 Å². The smallest absolute Gasteiger partial charge is 0.220 e. The highest BCUT2D eigenvalue weighted by atomic mass is 32.1. The molecule has 3 nitrogen and oxygen atoms in total. The Hall–Kier alpha value is -1.42. The lowest BCUT2D eigenvalue weighted by molar-refractivity contribution is -0.121. The zero-order valence-electron chi connectivity index (χ0n) is 9.27. The zero-order chi connectivity index (χ0) is 12.0. The second kappa shape index (κ2) is 6.23. The van der Waals surface area contributed by atoms with Crippen molar-refractivity contribution < 1.29 is 4.79 Å². The molecule has 1 aromatic carbocycles. The molecule has 0 aromatic heterocycles. The van der Waals surface area contributed by atoms with Gasteiger partial charge in [-0.1, -0.05) is 42.5 Å². The lowest BCUT2D eigenvalue weighted by atomic mass is 10.1. The molecule has 0 aliphatic rings. The van der Waals surface area contributed by atoms with Crippen molar-refractivity contribution in [3.05, 3.63) is 35.9 Å². The highest BCUT2D eigenvalue weighted by Gasteiger charge is 2.08. The van der Waals surface area contributed by atoms with Crippen molar-refractivity contribution >= 4 is 23.1 Å². The topological polar surface area (TPSA) is 55.1 Å². The van der Waals surface area contributed by atoms with Gasteiger partial charge in [-0.05, 0) is 12.5 Å². The second-order valence-electron chi connectivity index (χ2n) is 3.67. The van der Waals surface area contributed by atoms with E-state index in [1.165, 1.54) is 0 Å². The average Bonchev–Trinajstić information content (AvgIpc) is 2.27. The third-order valence-corrected chi connectivity index (χ3v) is 2.48. The van der Waals surface area contributed by atoms with Gasteiger partial charge in [-0.2, -0.15) is 0 Å². The van der Waals surface area contributed by atoms with Crippen LogP contribution in [0.2, 0.25) is 0 Å². The van der Waals surface area contributed by atoms with Gasteiger partial charge in [-0.3, -0.25) is 4.79 Å². The molecule has 0 fully saturated rings. The summed E-state index contributed by atoms with van der Waals surface area (Å²) in [6.45, 7) is 1.95. The Morgan fingerprint density at radius 2 is 2.00 bits per heavy atom. The van der Waals surface area contributed by atoms with Crippen LogP contribution in [0.3, 0.4) is 0 Å². The Morgan fingerprint density at radius 1 is 1.38 bits per heavy atom. The highest BCUT2D eigenvalue weighted by molar-refractivity contribution is 7.80. The van der Waals surface area contributed by atoms with E-state index in [4.69, 9.17) is 18.0 Å². The number of benzene rings is 1. The number of rotatable bonds is 5. The zero-order valence-corrected chi connectivity index (χ0v) is 10.1. The molecule has 1 amide bonds. The van der Waals surface area contributed by atoms with Crippen LogP contribution in [0.1, 0.15) is 31.4 Å². The van der Waals surface area contributed by atoms with E-state index < -0.39 is 0 Å². The van der Waals surface area contributed by atoms with Crippen LogP contribution in [0.25, 0.3) is 0 Å². The van der Waals surface area contributed by atoms with Crippen LogP contribution < -0.4 is 11.1 Å². The third kappa shape index (κ3) is 4.40. The first-order valence-corrected chi connectivity index (χ1v) is 5.63. The van der Waals surface area contributed by atoms with Crippen LogP contribution in [-0.4, -0.2) is 10.9 Å². The molecule has 3 N–H and O–H groups in total. The van der Waals surface area contributed by atoms with Gasteiger partial charge in [0.25, 0.3) is 0 Å². The number of carbonyl (C=O) groups excluding carboxylic acids is 1. The van der Waals surface area contributed by atoms with Crippen molar-refractivity contribution in [3.63, 3.8) is 0 Å². The summed E-state index contributed by atoms with van der Waals surface area (Å²) in [5.41, 5.74) is 6.42. The number of hydrogen-bond acceptors (Lipinski definition) is 2. The van der Waals surface area contributed by atoms with Gasteiger partial charge in [-0.25, -0.2) is 0 Å². The van der Waals surface area contributed by atoms with E-state index in [-0.39, 0.29) is 11.9 Å². The molecule has 1 rings (SSSR count). The van der Waals surface area contributed by atoms with Crippen LogP contribution in [-0.2, 0) is 4.79 Å². The number of thiocarbonyl (C=S) groups is 1. The van der Waals surface area contributed by atoms with Crippen molar-refractivity contribution in [2.45, 2.75) is 25.8 Å². The number of nitrogens with one attached hydrogen (secondary N) is 1. The minimum Gasteiger partial charge on any atom is -0.393 e. The van der Waals surface area contributed by atoms with Crippen molar-refractivity contribution in [1.29, 1.82) is 0 Å². The summed E-state index contributed by atoms with van der Waals surface area (Å²) in [7, 11) is 0. The molecular weight excluding hydrogens is 220 g/mol. The first-order valence-electron chi connectivity index (χ1n) is 5.22. The summed E-state index contributed by atoms with van der Waals surface area (Å²) < 4.78 is 0. The van der Waals surface area contributed by atoms with E-state index in [0.29, 0.717) is 17.8 Å². The van der Waals surface area contributed by atoms with E-state index in [9.17, 15) is 4.79 Å². The summed E-state index contributed by atoms with van der Waals surface area (Å²) in [5.74, 6) is -0.0239. The van der Waals surface area contributed by atoms with Gasteiger partial charge in [0.2, 0.25) is 5.91 Å². The van der Waals surface area contributed by atoms with Crippen molar-refractivity contribution in [2.24, 2.45) is 5.73 Å². The summed E-state index contributed by atoms with van der Waals surface area (Å²) in [4.78, 5) is 11.9. The molecule has 1 atom stereocenters. The van der Waals surface area contributed by atoms with Gasteiger partial charge in [0, 0.05) is 12.8 Å². The van der Waals surface area contributed by atoms with Gasteiger partial charge in [0.05, 0.1) is 11.0 Å². The Labute approximate surface area is 101 Å². The maximum atomic E-state index is 11.5. The molecule has 0 bridgehead atoms. The second-order valence-corrected chi connectivity index (χ2v) is 4.19. The molecule has 0 saturated carbocycles. The number of carbonyl (C=O) groups is 1. The SMILES string of the molecule is CC(NC(=O)CCC(N)=S)c1ccccc1. The maximum absolute atomic E-state index is 11.5. The molecule has 0 heterocycles. The van der Waals surface area contributed by atoms with Crippen LogP contribution in [0.5, 0.6) is 0 Å². The highest BCUT2D eigenvalue weighted by Crippen LogP contribution is 2.11. The standard InChI is InChI=1S/C12H16N2OS/c1-9(10-5-3-2-4-6-10)14-12(15)8-7-11(13)16/h2-6,9H,7-8H2,1H3,(H2,13,16)(H,14,15). The Morgan fingerprint density at radius 3 is 2.56 bits per heavy atom. The quantitative estimate of drug-likeness (QED) is 0.768. The van der Waals surface area contributed by atoms with Crippen LogP contribution in [0.4, 0.5) is 0 Å². The lowest BCUT2D eigenvalue weighted by Crippen LogP contribution is -2.27. The summed E-state index contributed by atoms with van der Waals surface area (Å²) >= 11 is 4.72. The molecule has 1 unspecified atom stereocenters. The number of hydrogen-bond donors (Lipinski definition) is 2. The molecule has 0 saturated heterocycles. The Balaban J connectivity index is 2.43. The van der Waals surface area contributed by atoms with Crippen molar-refractivity contribution in [1.82, 2.24) is 5.32 Å². The molecule has 1 aromatic rings. The van der Waals surface area contributed by atoms with Gasteiger partial charge in [0.1, 0.15) is 0 Å². The largest absolute Gasteiger partial charge is 0.393 e. The fourth-order valence-corrected chi connectivity index (χ4v) is 1.48. The minimum absolute atomic E-state index is 0.0139. The predicted octanol–water partition coefficient (Wildman–Crippen LogP) is 1.93. The van der Waals surface area contributed by atoms with Crippen LogP contribution in [0, 0.1) is 0 Å². The first-order chi connectivity index (χ1) is 7.59. The fourth-order valence-electron chi connectivity index (χ4n) is 1.38. The van der Waals surface area contributed by atoms with Gasteiger partial charge in [0.15, 0.2) is 0 Å². The molecule has 0 spiro atoms. The van der Waals surface area contributed by atoms with Gasteiger partial charge < -0.3 is 11.1 Å². The van der Waals surface area contributed by atoms with E-state index in [1.54, 1.807) is 0 Å². The molecule has 86 valence electrons. The molecule has 0 aliphatic heterocycles. The lowest BCUT2D eigenvalue weighted by Gasteiger charge is -2.13. The summed E-state index contributed by atoms with van der Waals surface area (Å²) in [6.07, 6.45) is 0.815. The Bertz CT molecular complexity index is 365. The normalized spacial score (nSPS) is 11.8. The first kappa shape index (κ1) is 12.6. The van der Waals surface area contributed by atoms with Gasteiger partial charge >= 0.3 is 0 Å². The molecule has 16 heavy (non-hydrogen) atoms.